The van der Waals surface area contributed by atoms with Crippen LogP contribution in [0.3, 0.4) is 0 Å². The maximum absolute atomic E-state index is 11.7. The molecule has 3 nitrogen and oxygen atoms in total. The highest BCUT2D eigenvalue weighted by Gasteiger charge is 2.23. The summed E-state index contributed by atoms with van der Waals surface area (Å²) in [6.45, 7) is 2.93. The molecule has 2 N–H and O–H groups in total. The molecule has 116 valence electrons. The predicted molar refractivity (Wildman–Crippen MR) is 90.6 cm³/mol. The first-order chi connectivity index (χ1) is 10.6. The van der Waals surface area contributed by atoms with Crippen molar-refractivity contribution in [2.24, 2.45) is 11.7 Å². The Bertz CT molecular complexity index is 543. The largest absolute Gasteiger partial charge is 0.344 e. The number of nitrogens with zero attached hydrogens (tertiary/aromatic N) is 1. The van der Waals surface area contributed by atoms with E-state index in [2.05, 4.69) is 55.5 Å². The fourth-order valence-electron chi connectivity index (χ4n) is 2.97. The van der Waals surface area contributed by atoms with Crippen molar-refractivity contribution in [3.8, 4) is 0 Å². The minimum atomic E-state index is -0.0216. The van der Waals surface area contributed by atoms with Gasteiger partial charge >= 0.3 is 0 Å². The van der Waals surface area contributed by atoms with E-state index >= 15 is 0 Å². The van der Waals surface area contributed by atoms with E-state index in [9.17, 15) is 4.79 Å². The van der Waals surface area contributed by atoms with Crippen LogP contribution in [0.1, 0.15) is 24.0 Å². The SMILES string of the molecule is CC(CN(C)C(=O)CN)C(c1ccccc1)c1ccccc1. The van der Waals surface area contributed by atoms with E-state index in [1.165, 1.54) is 11.1 Å². The third-order valence-corrected chi connectivity index (χ3v) is 4.05. The van der Waals surface area contributed by atoms with Crippen LogP contribution in [0.2, 0.25) is 0 Å². The number of hydrogen-bond donors (Lipinski definition) is 1. The normalized spacial score (nSPS) is 12.2. The molecule has 0 saturated heterocycles. The zero-order chi connectivity index (χ0) is 15.9. The quantitative estimate of drug-likeness (QED) is 0.891. The van der Waals surface area contributed by atoms with Gasteiger partial charge in [-0.15, -0.1) is 0 Å². The summed E-state index contributed by atoms with van der Waals surface area (Å²) in [5.41, 5.74) is 8.00. The Hall–Kier alpha value is -2.13. The highest BCUT2D eigenvalue weighted by molar-refractivity contribution is 5.77. The van der Waals surface area contributed by atoms with E-state index < -0.39 is 0 Å². The molecule has 1 unspecified atom stereocenters. The Kier molecular flexibility index (Phi) is 5.73. The molecule has 3 heteroatoms. The van der Waals surface area contributed by atoms with Crippen LogP contribution >= 0.6 is 0 Å². The fraction of sp³-hybridized carbons (Fsp3) is 0.316. The number of carbonyl (C=O) groups excluding carboxylic acids is 1. The number of amides is 1. The second-order valence-electron chi connectivity index (χ2n) is 5.75. The zero-order valence-corrected chi connectivity index (χ0v) is 13.3. The van der Waals surface area contributed by atoms with Crippen molar-refractivity contribution in [1.82, 2.24) is 4.90 Å². The molecule has 2 rings (SSSR count). The van der Waals surface area contributed by atoms with Gasteiger partial charge in [0.2, 0.25) is 5.91 Å². The van der Waals surface area contributed by atoms with E-state index in [1.807, 2.05) is 19.2 Å². The van der Waals surface area contributed by atoms with Crippen LogP contribution in [0, 0.1) is 5.92 Å². The second-order valence-corrected chi connectivity index (χ2v) is 5.75. The summed E-state index contributed by atoms with van der Waals surface area (Å²) in [5.74, 6) is 0.535. The summed E-state index contributed by atoms with van der Waals surface area (Å²) < 4.78 is 0. The van der Waals surface area contributed by atoms with Crippen LogP contribution in [-0.2, 0) is 4.79 Å². The molecular formula is C19H24N2O. The molecule has 0 bridgehead atoms. The van der Waals surface area contributed by atoms with Crippen LogP contribution in [0.4, 0.5) is 0 Å². The number of likely N-dealkylation sites (N-methyl/N-ethyl adjacent to an activating group) is 1. The lowest BCUT2D eigenvalue weighted by Gasteiger charge is -2.29. The van der Waals surface area contributed by atoms with E-state index in [4.69, 9.17) is 5.73 Å². The average Bonchev–Trinajstić information content (AvgIpc) is 2.56. The van der Waals surface area contributed by atoms with Gasteiger partial charge in [0.25, 0.3) is 0 Å². The molecule has 0 aliphatic heterocycles. The Labute approximate surface area is 132 Å². The highest BCUT2D eigenvalue weighted by Crippen LogP contribution is 2.32. The zero-order valence-electron chi connectivity index (χ0n) is 13.3. The molecular weight excluding hydrogens is 272 g/mol. The first-order valence-corrected chi connectivity index (χ1v) is 7.67. The van der Waals surface area contributed by atoms with Crippen LogP contribution in [0.5, 0.6) is 0 Å². The molecule has 0 heterocycles. The van der Waals surface area contributed by atoms with E-state index in [0.717, 1.165) is 0 Å². The van der Waals surface area contributed by atoms with E-state index in [-0.39, 0.29) is 18.4 Å². The molecule has 1 atom stereocenters. The van der Waals surface area contributed by atoms with Gasteiger partial charge in [0, 0.05) is 19.5 Å². The highest BCUT2D eigenvalue weighted by atomic mass is 16.2. The lowest BCUT2D eigenvalue weighted by molar-refractivity contribution is -0.128. The Morgan fingerprint density at radius 2 is 1.45 bits per heavy atom. The average molecular weight is 296 g/mol. The Morgan fingerprint density at radius 1 is 1.00 bits per heavy atom. The Morgan fingerprint density at radius 3 is 1.86 bits per heavy atom. The van der Waals surface area contributed by atoms with Gasteiger partial charge in [-0.2, -0.15) is 0 Å². The number of nitrogens with two attached hydrogens (primary N) is 1. The third-order valence-electron chi connectivity index (χ3n) is 4.05. The van der Waals surface area contributed by atoms with Gasteiger partial charge in [0.05, 0.1) is 6.54 Å². The van der Waals surface area contributed by atoms with Gasteiger partial charge < -0.3 is 10.6 Å². The van der Waals surface area contributed by atoms with Crippen LogP contribution in [0.25, 0.3) is 0 Å². The van der Waals surface area contributed by atoms with Crippen LogP contribution in [-0.4, -0.2) is 30.9 Å². The maximum atomic E-state index is 11.7. The molecule has 0 aromatic heterocycles. The van der Waals surface area contributed by atoms with Gasteiger partial charge in [0.15, 0.2) is 0 Å². The van der Waals surface area contributed by atoms with Crippen molar-refractivity contribution in [2.45, 2.75) is 12.8 Å². The summed E-state index contributed by atoms with van der Waals surface area (Å²) in [4.78, 5) is 13.5. The van der Waals surface area contributed by atoms with E-state index in [1.54, 1.807) is 4.90 Å². The molecule has 2 aromatic carbocycles. The van der Waals surface area contributed by atoms with Crippen molar-refractivity contribution in [2.75, 3.05) is 20.1 Å². The van der Waals surface area contributed by atoms with Crippen LogP contribution < -0.4 is 5.73 Å². The fourth-order valence-corrected chi connectivity index (χ4v) is 2.97. The summed E-state index contributed by atoms with van der Waals surface area (Å²) in [7, 11) is 1.82. The van der Waals surface area contributed by atoms with Gasteiger partial charge in [-0.05, 0) is 17.0 Å². The second kappa shape index (κ2) is 7.76. The molecule has 0 fully saturated rings. The van der Waals surface area contributed by atoms with Crippen LogP contribution in [0.15, 0.2) is 60.7 Å². The minimum absolute atomic E-state index is 0.0216. The number of benzene rings is 2. The smallest absolute Gasteiger partial charge is 0.236 e. The van der Waals surface area contributed by atoms with Crippen molar-refractivity contribution in [1.29, 1.82) is 0 Å². The van der Waals surface area contributed by atoms with Crippen molar-refractivity contribution >= 4 is 5.91 Å². The molecule has 0 spiro atoms. The van der Waals surface area contributed by atoms with Gasteiger partial charge in [0.1, 0.15) is 0 Å². The Balaban J connectivity index is 2.27. The monoisotopic (exact) mass is 296 g/mol. The molecule has 0 aliphatic carbocycles. The topological polar surface area (TPSA) is 46.3 Å². The minimum Gasteiger partial charge on any atom is -0.344 e. The van der Waals surface area contributed by atoms with Gasteiger partial charge in [-0.1, -0.05) is 67.6 Å². The molecule has 0 radical (unpaired) electrons. The summed E-state index contributed by atoms with van der Waals surface area (Å²) in [6.07, 6.45) is 0. The van der Waals surface area contributed by atoms with E-state index in [0.29, 0.717) is 12.5 Å². The van der Waals surface area contributed by atoms with Crippen molar-refractivity contribution in [3.63, 3.8) is 0 Å². The predicted octanol–water partition coefficient (Wildman–Crippen LogP) is 2.87. The standard InChI is InChI=1S/C19H24N2O/c1-15(14-21(2)18(22)13-20)19(16-9-5-3-6-10-16)17-11-7-4-8-12-17/h3-12,15,19H,13-14,20H2,1-2H3. The first-order valence-electron chi connectivity index (χ1n) is 7.67. The lowest BCUT2D eigenvalue weighted by atomic mass is 9.81. The molecule has 1 amide bonds. The summed E-state index contributed by atoms with van der Waals surface area (Å²) in [6, 6.07) is 20.9. The summed E-state index contributed by atoms with van der Waals surface area (Å²) in [5, 5.41) is 0. The molecule has 22 heavy (non-hydrogen) atoms. The van der Waals surface area contributed by atoms with Crippen molar-refractivity contribution < 1.29 is 4.79 Å². The number of carbonyl (C=O) groups is 1. The molecule has 0 saturated carbocycles. The first kappa shape index (κ1) is 16.2. The third kappa shape index (κ3) is 3.95. The lowest BCUT2D eigenvalue weighted by Crippen LogP contribution is -2.37. The van der Waals surface area contributed by atoms with Crippen molar-refractivity contribution in [3.05, 3.63) is 71.8 Å². The van der Waals surface area contributed by atoms with Gasteiger partial charge in [-0.3, -0.25) is 4.79 Å². The summed E-state index contributed by atoms with van der Waals surface area (Å²) >= 11 is 0. The number of rotatable bonds is 6. The number of hydrogen-bond acceptors (Lipinski definition) is 2. The molecule has 0 aliphatic rings. The maximum Gasteiger partial charge on any atom is 0.236 e. The van der Waals surface area contributed by atoms with Gasteiger partial charge in [-0.25, -0.2) is 0 Å². The molecule has 2 aromatic rings.